The van der Waals surface area contributed by atoms with Crippen molar-refractivity contribution in [1.29, 1.82) is 0 Å². The molecule has 0 aliphatic carbocycles. The number of aromatic amines is 1. The number of imidazole rings is 1. The van der Waals surface area contributed by atoms with Gasteiger partial charge >= 0.3 is 5.97 Å². The lowest BCUT2D eigenvalue weighted by molar-refractivity contribution is -0.143. The number of aromatic nitrogens is 2. The van der Waals surface area contributed by atoms with E-state index in [9.17, 15) is 29.4 Å². The molecule has 1 heterocycles. The number of aliphatic hydroxyl groups is 1. The number of amides is 3. The molecule has 4 atom stereocenters. The largest absolute Gasteiger partial charge is 0.480 e. The van der Waals surface area contributed by atoms with Gasteiger partial charge in [0.1, 0.15) is 18.1 Å². The van der Waals surface area contributed by atoms with Crippen LogP contribution in [0, 0.1) is 11.8 Å². The number of carboxylic acid groups (broad SMARTS) is 1. The number of nitrogens with two attached hydrogens (primary N) is 1. The number of H-pyrrole nitrogens is 1. The second-order valence-corrected chi connectivity index (χ2v) is 8.38. The summed E-state index contributed by atoms with van der Waals surface area (Å²) in [7, 11) is 0. The number of rotatable bonds is 13. The number of aliphatic carboxylic acids is 1. The highest BCUT2D eigenvalue weighted by atomic mass is 16.4. The predicted octanol–water partition coefficient (Wildman–Crippen LogP) is -1.49. The first-order chi connectivity index (χ1) is 15.0. The zero-order valence-corrected chi connectivity index (χ0v) is 18.8. The number of carbonyl (C=O) groups is 4. The summed E-state index contributed by atoms with van der Waals surface area (Å²) in [6.45, 7) is 6.37. The first-order valence-corrected chi connectivity index (χ1v) is 10.4. The van der Waals surface area contributed by atoms with E-state index in [-0.39, 0.29) is 24.7 Å². The Hall–Kier alpha value is -2.99. The average Bonchev–Trinajstić information content (AvgIpc) is 3.22. The Kier molecular flexibility index (Phi) is 10.8. The van der Waals surface area contributed by atoms with Crippen LogP contribution in [-0.4, -0.2) is 74.6 Å². The number of aliphatic hydroxyl groups excluding tert-OH is 1. The minimum absolute atomic E-state index is 0.00210. The molecule has 1 rings (SSSR count). The molecular weight excluding hydrogens is 420 g/mol. The van der Waals surface area contributed by atoms with Crippen molar-refractivity contribution in [3.63, 3.8) is 0 Å². The summed E-state index contributed by atoms with van der Waals surface area (Å²) < 4.78 is 0. The molecule has 0 spiro atoms. The van der Waals surface area contributed by atoms with Gasteiger partial charge in [-0.2, -0.15) is 0 Å². The van der Waals surface area contributed by atoms with E-state index in [2.05, 4.69) is 25.9 Å². The van der Waals surface area contributed by atoms with Crippen LogP contribution in [0.15, 0.2) is 12.5 Å². The van der Waals surface area contributed by atoms with E-state index in [0.717, 1.165) is 0 Å². The summed E-state index contributed by atoms with van der Waals surface area (Å²) in [6.07, 6.45) is 3.11. The Morgan fingerprint density at radius 3 is 2.03 bits per heavy atom. The summed E-state index contributed by atoms with van der Waals surface area (Å²) in [5.41, 5.74) is 6.41. The fraction of sp³-hybridized carbons (Fsp3) is 0.650. The van der Waals surface area contributed by atoms with Crippen LogP contribution in [0.1, 0.15) is 39.8 Å². The van der Waals surface area contributed by atoms with Gasteiger partial charge in [0.2, 0.25) is 17.7 Å². The average molecular weight is 455 g/mol. The van der Waals surface area contributed by atoms with Crippen molar-refractivity contribution < 1.29 is 29.4 Å². The number of carbonyl (C=O) groups excluding carboxylic acids is 3. The van der Waals surface area contributed by atoms with Crippen molar-refractivity contribution in [3.05, 3.63) is 18.2 Å². The Balaban J connectivity index is 2.93. The highest BCUT2D eigenvalue weighted by molar-refractivity contribution is 5.94. The minimum Gasteiger partial charge on any atom is -0.480 e. The van der Waals surface area contributed by atoms with E-state index in [1.807, 2.05) is 0 Å². The Labute approximate surface area is 186 Å². The van der Waals surface area contributed by atoms with E-state index < -0.39 is 54.5 Å². The number of carboxylic acids is 1. The van der Waals surface area contributed by atoms with Gasteiger partial charge in [0, 0.05) is 18.3 Å². The maximum absolute atomic E-state index is 12.9. The SMILES string of the molecule is CC(C)CC(NC(=O)C(CO)NC(=O)C(Cc1cnc[nH]1)NC(=O)C(N)C(C)C)C(=O)O. The van der Waals surface area contributed by atoms with Gasteiger partial charge in [-0.3, -0.25) is 14.4 Å². The van der Waals surface area contributed by atoms with Crippen LogP contribution in [0.2, 0.25) is 0 Å². The first kappa shape index (κ1) is 27.0. The molecule has 0 saturated carbocycles. The topological polar surface area (TPSA) is 200 Å². The van der Waals surface area contributed by atoms with Crippen LogP contribution in [-0.2, 0) is 25.6 Å². The van der Waals surface area contributed by atoms with Crippen molar-refractivity contribution in [1.82, 2.24) is 25.9 Å². The van der Waals surface area contributed by atoms with E-state index in [1.165, 1.54) is 12.5 Å². The Morgan fingerprint density at radius 1 is 1.00 bits per heavy atom. The van der Waals surface area contributed by atoms with E-state index in [1.54, 1.807) is 27.7 Å². The van der Waals surface area contributed by atoms with Gasteiger partial charge < -0.3 is 36.9 Å². The van der Waals surface area contributed by atoms with Crippen LogP contribution in [0.5, 0.6) is 0 Å². The molecule has 1 aromatic rings. The number of nitrogens with one attached hydrogen (secondary N) is 4. The van der Waals surface area contributed by atoms with Gasteiger partial charge in [0.15, 0.2) is 0 Å². The zero-order valence-electron chi connectivity index (χ0n) is 18.8. The maximum Gasteiger partial charge on any atom is 0.326 e. The molecule has 0 aliphatic heterocycles. The Morgan fingerprint density at radius 2 is 1.56 bits per heavy atom. The fourth-order valence-electron chi connectivity index (χ4n) is 2.83. The molecule has 0 saturated heterocycles. The zero-order chi connectivity index (χ0) is 24.4. The van der Waals surface area contributed by atoms with Gasteiger partial charge in [-0.05, 0) is 18.3 Å². The number of nitrogens with zero attached hydrogens (tertiary/aromatic N) is 1. The van der Waals surface area contributed by atoms with Crippen LogP contribution in [0.3, 0.4) is 0 Å². The van der Waals surface area contributed by atoms with Gasteiger partial charge in [-0.25, -0.2) is 9.78 Å². The lowest BCUT2D eigenvalue weighted by Crippen LogP contribution is -2.59. The van der Waals surface area contributed by atoms with Gasteiger partial charge in [0.25, 0.3) is 0 Å². The Bertz CT molecular complexity index is 767. The van der Waals surface area contributed by atoms with Crippen LogP contribution in [0.25, 0.3) is 0 Å². The van der Waals surface area contributed by atoms with Crippen molar-refractivity contribution in [3.8, 4) is 0 Å². The highest BCUT2D eigenvalue weighted by Gasteiger charge is 2.31. The molecular formula is C20H34N6O6. The number of hydrogen-bond donors (Lipinski definition) is 7. The molecule has 0 aromatic carbocycles. The summed E-state index contributed by atoms with van der Waals surface area (Å²) >= 11 is 0. The molecule has 4 unspecified atom stereocenters. The second-order valence-electron chi connectivity index (χ2n) is 8.38. The summed E-state index contributed by atoms with van der Waals surface area (Å²) in [6, 6.07) is -4.54. The first-order valence-electron chi connectivity index (χ1n) is 10.4. The molecule has 32 heavy (non-hydrogen) atoms. The normalized spacial score (nSPS) is 15.0. The van der Waals surface area contributed by atoms with Crippen molar-refractivity contribution >= 4 is 23.7 Å². The van der Waals surface area contributed by atoms with Gasteiger partial charge in [-0.15, -0.1) is 0 Å². The maximum atomic E-state index is 12.9. The third kappa shape index (κ3) is 8.63. The molecule has 3 amide bonds. The third-order valence-corrected chi connectivity index (χ3v) is 4.77. The fourth-order valence-corrected chi connectivity index (χ4v) is 2.83. The van der Waals surface area contributed by atoms with Crippen molar-refractivity contribution in [2.24, 2.45) is 17.6 Å². The molecule has 8 N–H and O–H groups in total. The molecule has 12 heteroatoms. The van der Waals surface area contributed by atoms with Crippen LogP contribution >= 0.6 is 0 Å². The van der Waals surface area contributed by atoms with Gasteiger partial charge in [-0.1, -0.05) is 27.7 Å². The standard InChI is InChI=1S/C20H34N6O6/c1-10(2)5-14(20(31)32)25-18(29)15(8-27)26-17(28)13(6-12-7-22-9-23-12)24-19(30)16(21)11(3)4/h7,9-11,13-16,27H,5-6,8,21H2,1-4H3,(H,22,23)(H,24,30)(H,25,29)(H,26,28)(H,31,32). The van der Waals surface area contributed by atoms with Gasteiger partial charge in [0.05, 0.1) is 19.0 Å². The molecule has 180 valence electrons. The van der Waals surface area contributed by atoms with E-state index in [0.29, 0.717) is 5.69 Å². The monoisotopic (exact) mass is 454 g/mol. The molecule has 1 aromatic heterocycles. The molecule has 0 bridgehead atoms. The highest BCUT2D eigenvalue weighted by Crippen LogP contribution is 2.06. The number of hydrogen-bond acceptors (Lipinski definition) is 7. The smallest absolute Gasteiger partial charge is 0.326 e. The third-order valence-electron chi connectivity index (χ3n) is 4.77. The van der Waals surface area contributed by atoms with E-state index >= 15 is 0 Å². The summed E-state index contributed by atoms with van der Waals surface area (Å²) in [5, 5.41) is 26.2. The minimum atomic E-state index is -1.41. The lowest BCUT2D eigenvalue weighted by atomic mass is 10.0. The quantitative estimate of drug-likeness (QED) is 0.187. The summed E-state index contributed by atoms with van der Waals surface area (Å²) in [4.78, 5) is 55.9. The molecule has 0 aliphatic rings. The predicted molar refractivity (Wildman–Crippen MR) is 115 cm³/mol. The van der Waals surface area contributed by atoms with Crippen molar-refractivity contribution in [2.45, 2.75) is 64.7 Å². The molecule has 12 nitrogen and oxygen atoms in total. The van der Waals surface area contributed by atoms with Crippen LogP contribution in [0.4, 0.5) is 0 Å². The molecule has 0 fully saturated rings. The second kappa shape index (κ2) is 12.8. The lowest BCUT2D eigenvalue weighted by Gasteiger charge is -2.25. The van der Waals surface area contributed by atoms with E-state index in [4.69, 9.17) is 5.73 Å². The van der Waals surface area contributed by atoms with Crippen molar-refractivity contribution in [2.75, 3.05) is 6.61 Å². The molecule has 0 radical (unpaired) electrons. The van der Waals surface area contributed by atoms with Crippen LogP contribution < -0.4 is 21.7 Å². The summed E-state index contributed by atoms with van der Waals surface area (Å²) in [5.74, 6) is -3.53.